The lowest BCUT2D eigenvalue weighted by Crippen LogP contribution is -2.29. The standard InChI is InChI=1S/C15H23N/c1-11-7-6-10-15(12(11)2)13(3)16-14-8-4-5-9-14/h6-7,10,13-14,16H,4-5,8-9H2,1-3H3. The largest absolute Gasteiger partial charge is 0.307 e. The van der Waals surface area contributed by atoms with Crippen molar-refractivity contribution in [1.82, 2.24) is 5.32 Å². The van der Waals surface area contributed by atoms with E-state index in [0.29, 0.717) is 6.04 Å². The minimum atomic E-state index is 0.489. The molecule has 0 spiro atoms. The van der Waals surface area contributed by atoms with E-state index in [1.807, 2.05) is 0 Å². The second-order valence-corrected chi connectivity index (χ2v) is 5.16. The summed E-state index contributed by atoms with van der Waals surface area (Å²) in [5.74, 6) is 0. The average molecular weight is 217 g/mol. The first-order chi connectivity index (χ1) is 7.68. The van der Waals surface area contributed by atoms with Crippen LogP contribution in [0.3, 0.4) is 0 Å². The molecule has 0 bridgehead atoms. The molecule has 16 heavy (non-hydrogen) atoms. The monoisotopic (exact) mass is 217 g/mol. The van der Waals surface area contributed by atoms with E-state index in [0.717, 1.165) is 6.04 Å². The summed E-state index contributed by atoms with van der Waals surface area (Å²) in [5, 5.41) is 3.76. The molecular weight excluding hydrogens is 194 g/mol. The Kier molecular flexibility index (Phi) is 3.65. The number of aryl methyl sites for hydroxylation is 1. The minimum absolute atomic E-state index is 0.489. The van der Waals surface area contributed by atoms with Crippen molar-refractivity contribution in [3.05, 3.63) is 34.9 Å². The molecule has 1 fully saturated rings. The fourth-order valence-corrected chi connectivity index (χ4v) is 2.78. The van der Waals surface area contributed by atoms with E-state index in [1.54, 1.807) is 0 Å². The van der Waals surface area contributed by atoms with Crippen LogP contribution in [-0.4, -0.2) is 6.04 Å². The Morgan fingerprint density at radius 2 is 1.88 bits per heavy atom. The molecular formula is C15H23N. The van der Waals surface area contributed by atoms with Crippen LogP contribution in [-0.2, 0) is 0 Å². The fourth-order valence-electron chi connectivity index (χ4n) is 2.78. The number of benzene rings is 1. The zero-order valence-corrected chi connectivity index (χ0v) is 10.7. The summed E-state index contributed by atoms with van der Waals surface area (Å²) in [7, 11) is 0. The topological polar surface area (TPSA) is 12.0 Å². The molecule has 1 saturated carbocycles. The van der Waals surface area contributed by atoms with Gasteiger partial charge < -0.3 is 5.32 Å². The van der Waals surface area contributed by atoms with Gasteiger partial charge in [-0.3, -0.25) is 0 Å². The number of nitrogens with one attached hydrogen (secondary N) is 1. The summed E-state index contributed by atoms with van der Waals surface area (Å²) in [6.07, 6.45) is 5.51. The minimum Gasteiger partial charge on any atom is -0.307 e. The van der Waals surface area contributed by atoms with Crippen molar-refractivity contribution >= 4 is 0 Å². The van der Waals surface area contributed by atoms with Gasteiger partial charge in [-0.15, -0.1) is 0 Å². The van der Waals surface area contributed by atoms with E-state index < -0.39 is 0 Å². The average Bonchev–Trinajstić information content (AvgIpc) is 2.74. The van der Waals surface area contributed by atoms with Crippen LogP contribution in [0, 0.1) is 13.8 Å². The van der Waals surface area contributed by atoms with Crippen molar-refractivity contribution in [2.75, 3.05) is 0 Å². The maximum Gasteiger partial charge on any atom is 0.0297 e. The SMILES string of the molecule is Cc1cccc(C(C)NC2CCCC2)c1C. The molecule has 1 nitrogen and oxygen atoms in total. The Morgan fingerprint density at radius 3 is 2.56 bits per heavy atom. The molecule has 0 aliphatic heterocycles. The zero-order valence-electron chi connectivity index (χ0n) is 10.7. The van der Waals surface area contributed by atoms with Gasteiger partial charge in [-0.05, 0) is 50.3 Å². The lowest BCUT2D eigenvalue weighted by atomic mass is 9.98. The highest BCUT2D eigenvalue weighted by molar-refractivity contribution is 5.35. The van der Waals surface area contributed by atoms with Gasteiger partial charge in [0.05, 0.1) is 0 Å². The number of hydrogen-bond donors (Lipinski definition) is 1. The van der Waals surface area contributed by atoms with Crippen molar-refractivity contribution in [1.29, 1.82) is 0 Å². The van der Waals surface area contributed by atoms with E-state index in [9.17, 15) is 0 Å². The van der Waals surface area contributed by atoms with Gasteiger partial charge in [0, 0.05) is 12.1 Å². The summed E-state index contributed by atoms with van der Waals surface area (Å²) >= 11 is 0. The maximum absolute atomic E-state index is 3.76. The van der Waals surface area contributed by atoms with Gasteiger partial charge in [-0.25, -0.2) is 0 Å². The van der Waals surface area contributed by atoms with Crippen LogP contribution in [0.15, 0.2) is 18.2 Å². The van der Waals surface area contributed by atoms with Crippen molar-refractivity contribution in [2.45, 2.75) is 58.5 Å². The predicted molar refractivity (Wildman–Crippen MR) is 69.7 cm³/mol. The smallest absolute Gasteiger partial charge is 0.0297 e. The van der Waals surface area contributed by atoms with Crippen LogP contribution in [0.25, 0.3) is 0 Å². The Hall–Kier alpha value is -0.820. The van der Waals surface area contributed by atoms with E-state index in [1.165, 1.54) is 42.4 Å². The van der Waals surface area contributed by atoms with Gasteiger partial charge in [-0.2, -0.15) is 0 Å². The zero-order chi connectivity index (χ0) is 11.5. The summed E-state index contributed by atoms with van der Waals surface area (Å²) < 4.78 is 0. The Morgan fingerprint density at radius 1 is 1.19 bits per heavy atom. The predicted octanol–water partition coefficient (Wildman–Crippen LogP) is 3.90. The first kappa shape index (κ1) is 11.7. The molecule has 0 heterocycles. The molecule has 1 unspecified atom stereocenters. The normalized spacial score (nSPS) is 18.9. The van der Waals surface area contributed by atoms with Gasteiger partial charge in [0.15, 0.2) is 0 Å². The van der Waals surface area contributed by atoms with E-state index in [-0.39, 0.29) is 0 Å². The van der Waals surface area contributed by atoms with Gasteiger partial charge in [0.25, 0.3) is 0 Å². The molecule has 0 saturated heterocycles. The third kappa shape index (κ3) is 2.46. The molecule has 0 aromatic heterocycles. The molecule has 1 N–H and O–H groups in total. The molecule has 0 amide bonds. The highest BCUT2D eigenvalue weighted by Gasteiger charge is 2.18. The van der Waals surface area contributed by atoms with Crippen molar-refractivity contribution < 1.29 is 0 Å². The molecule has 1 heteroatoms. The summed E-state index contributed by atoms with van der Waals surface area (Å²) in [6, 6.07) is 7.86. The fraction of sp³-hybridized carbons (Fsp3) is 0.600. The van der Waals surface area contributed by atoms with Crippen molar-refractivity contribution in [2.24, 2.45) is 0 Å². The molecule has 1 aromatic rings. The van der Waals surface area contributed by atoms with Gasteiger partial charge in [0.1, 0.15) is 0 Å². The Labute approximate surface area is 99.3 Å². The maximum atomic E-state index is 3.76. The molecule has 2 rings (SSSR count). The van der Waals surface area contributed by atoms with Gasteiger partial charge >= 0.3 is 0 Å². The first-order valence-electron chi connectivity index (χ1n) is 6.50. The van der Waals surface area contributed by atoms with E-state index in [4.69, 9.17) is 0 Å². The third-order valence-corrected chi connectivity index (χ3v) is 3.95. The quantitative estimate of drug-likeness (QED) is 0.809. The molecule has 1 aliphatic rings. The van der Waals surface area contributed by atoms with Crippen LogP contribution in [0.5, 0.6) is 0 Å². The lowest BCUT2D eigenvalue weighted by Gasteiger charge is -2.22. The second kappa shape index (κ2) is 5.01. The Bertz CT molecular complexity index is 350. The van der Waals surface area contributed by atoms with E-state index in [2.05, 4.69) is 44.3 Å². The summed E-state index contributed by atoms with van der Waals surface area (Å²) in [5.41, 5.74) is 4.31. The van der Waals surface area contributed by atoms with Crippen molar-refractivity contribution in [3.63, 3.8) is 0 Å². The van der Waals surface area contributed by atoms with E-state index >= 15 is 0 Å². The van der Waals surface area contributed by atoms with Gasteiger partial charge in [0.2, 0.25) is 0 Å². The Balaban J connectivity index is 2.07. The number of hydrogen-bond acceptors (Lipinski definition) is 1. The third-order valence-electron chi connectivity index (χ3n) is 3.95. The molecule has 1 aromatic carbocycles. The van der Waals surface area contributed by atoms with Crippen LogP contribution in [0.4, 0.5) is 0 Å². The lowest BCUT2D eigenvalue weighted by molar-refractivity contribution is 0.460. The van der Waals surface area contributed by atoms with Gasteiger partial charge in [-0.1, -0.05) is 31.0 Å². The highest BCUT2D eigenvalue weighted by atomic mass is 14.9. The molecule has 0 radical (unpaired) electrons. The molecule has 1 aliphatic carbocycles. The first-order valence-corrected chi connectivity index (χ1v) is 6.50. The van der Waals surface area contributed by atoms with Crippen LogP contribution in [0.2, 0.25) is 0 Å². The van der Waals surface area contributed by atoms with Crippen LogP contribution >= 0.6 is 0 Å². The summed E-state index contributed by atoms with van der Waals surface area (Å²) in [4.78, 5) is 0. The van der Waals surface area contributed by atoms with Crippen LogP contribution in [0.1, 0.15) is 55.3 Å². The second-order valence-electron chi connectivity index (χ2n) is 5.16. The number of rotatable bonds is 3. The summed E-state index contributed by atoms with van der Waals surface area (Å²) in [6.45, 7) is 6.72. The molecule has 88 valence electrons. The molecule has 1 atom stereocenters. The highest BCUT2D eigenvalue weighted by Crippen LogP contribution is 2.24. The van der Waals surface area contributed by atoms with Crippen LogP contribution < -0.4 is 5.32 Å². The van der Waals surface area contributed by atoms with Crippen molar-refractivity contribution in [3.8, 4) is 0 Å².